The summed E-state index contributed by atoms with van der Waals surface area (Å²) in [6.07, 6.45) is 2.71. The lowest BCUT2D eigenvalue weighted by molar-refractivity contribution is 0.173. The van der Waals surface area contributed by atoms with Gasteiger partial charge in [0.2, 0.25) is 0 Å². The fourth-order valence-electron chi connectivity index (χ4n) is 2.54. The monoisotopic (exact) mass is 214 g/mol. The first-order chi connectivity index (χ1) is 6.70. The highest BCUT2D eigenvalue weighted by molar-refractivity contribution is 7.99. The van der Waals surface area contributed by atoms with Gasteiger partial charge in [-0.1, -0.05) is 0 Å². The SMILES string of the molecule is CC1CSCCN1CC1(C)CCCN1. The van der Waals surface area contributed by atoms with Crippen LogP contribution >= 0.6 is 11.8 Å². The van der Waals surface area contributed by atoms with Crippen molar-refractivity contribution < 1.29 is 0 Å². The summed E-state index contributed by atoms with van der Waals surface area (Å²) in [7, 11) is 0. The molecule has 2 heterocycles. The molecule has 0 aromatic rings. The lowest BCUT2D eigenvalue weighted by Gasteiger charge is -2.39. The van der Waals surface area contributed by atoms with E-state index in [0.717, 1.165) is 6.04 Å². The second-order valence-electron chi connectivity index (χ2n) is 4.99. The zero-order valence-electron chi connectivity index (χ0n) is 9.38. The van der Waals surface area contributed by atoms with Crippen molar-refractivity contribution in [3.8, 4) is 0 Å². The van der Waals surface area contributed by atoms with Crippen LogP contribution in [0.4, 0.5) is 0 Å². The molecule has 2 aliphatic heterocycles. The Morgan fingerprint density at radius 2 is 2.43 bits per heavy atom. The predicted molar refractivity (Wildman–Crippen MR) is 64.0 cm³/mol. The van der Waals surface area contributed by atoms with Crippen LogP contribution in [-0.4, -0.2) is 47.6 Å². The number of rotatable bonds is 2. The molecule has 2 fully saturated rings. The minimum absolute atomic E-state index is 0.399. The molecular weight excluding hydrogens is 192 g/mol. The van der Waals surface area contributed by atoms with Crippen molar-refractivity contribution >= 4 is 11.8 Å². The standard InChI is InChI=1S/C11H22N2S/c1-10-8-14-7-6-13(10)9-11(2)4-3-5-12-11/h10,12H,3-9H2,1-2H3. The molecule has 3 heteroatoms. The maximum absolute atomic E-state index is 3.65. The smallest absolute Gasteiger partial charge is 0.0281 e. The fourth-order valence-corrected chi connectivity index (χ4v) is 3.62. The van der Waals surface area contributed by atoms with Crippen molar-refractivity contribution in [2.24, 2.45) is 0 Å². The van der Waals surface area contributed by atoms with Crippen molar-refractivity contribution in [1.82, 2.24) is 10.2 Å². The highest BCUT2D eigenvalue weighted by Crippen LogP contribution is 2.23. The van der Waals surface area contributed by atoms with Gasteiger partial charge in [-0.15, -0.1) is 0 Å². The largest absolute Gasteiger partial charge is 0.310 e. The van der Waals surface area contributed by atoms with Crippen molar-refractivity contribution in [2.45, 2.75) is 38.3 Å². The molecule has 0 aromatic heterocycles. The molecule has 0 bridgehead atoms. The number of hydrogen-bond acceptors (Lipinski definition) is 3. The summed E-state index contributed by atoms with van der Waals surface area (Å²) in [5.74, 6) is 2.64. The Labute approximate surface area is 91.8 Å². The van der Waals surface area contributed by atoms with E-state index in [1.165, 1.54) is 44.0 Å². The van der Waals surface area contributed by atoms with E-state index >= 15 is 0 Å². The van der Waals surface area contributed by atoms with E-state index < -0.39 is 0 Å². The van der Waals surface area contributed by atoms with E-state index in [1.54, 1.807) is 0 Å². The first-order valence-electron chi connectivity index (χ1n) is 5.76. The summed E-state index contributed by atoms with van der Waals surface area (Å²) in [6, 6.07) is 0.771. The lowest BCUT2D eigenvalue weighted by Crippen LogP contribution is -2.52. The number of nitrogens with one attached hydrogen (secondary N) is 1. The van der Waals surface area contributed by atoms with Gasteiger partial charge in [-0.2, -0.15) is 11.8 Å². The van der Waals surface area contributed by atoms with Crippen molar-refractivity contribution in [3.05, 3.63) is 0 Å². The zero-order chi connectivity index (χ0) is 10.0. The molecule has 0 spiro atoms. The zero-order valence-corrected chi connectivity index (χ0v) is 10.2. The Morgan fingerprint density at radius 1 is 1.57 bits per heavy atom. The third-order valence-corrected chi connectivity index (χ3v) is 4.70. The van der Waals surface area contributed by atoms with E-state index in [0.29, 0.717) is 5.54 Å². The normalized spacial score (nSPS) is 40.3. The quantitative estimate of drug-likeness (QED) is 0.751. The lowest BCUT2D eigenvalue weighted by atomic mass is 9.99. The number of hydrogen-bond donors (Lipinski definition) is 1. The van der Waals surface area contributed by atoms with Gasteiger partial charge in [0.25, 0.3) is 0 Å². The second-order valence-corrected chi connectivity index (χ2v) is 6.14. The summed E-state index contributed by atoms with van der Waals surface area (Å²) < 4.78 is 0. The minimum Gasteiger partial charge on any atom is -0.310 e. The fraction of sp³-hybridized carbons (Fsp3) is 1.00. The summed E-state index contributed by atoms with van der Waals surface area (Å²) in [6.45, 7) is 8.49. The molecule has 0 aromatic carbocycles. The molecule has 2 rings (SSSR count). The van der Waals surface area contributed by atoms with Gasteiger partial charge in [0, 0.05) is 36.2 Å². The summed E-state index contributed by atoms with van der Waals surface area (Å²) in [5.41, 5.74) is 0.399. The van der Waals surface area contributed by atoms with Gasteiger partial charge in [0.1, 0.15) is 0 Å². The first-order valence-corrected chi connectivity index (χ1v) is 6.92. The molecule has 0 aliphatic carbocycles. The van der Waals surface area contributed by atoms with Crippen LogP contribution in [0.1, 0.15) is 26.7 Å². The molecule has 2 aliphatic rings. The Kier molecular flexibility index (Phi) is 3.40. The molecule has 0 amide bonds. The van der Waals surface area contributed by atoms with Gasteiger partial charge in [-0.05, 0) is 33.2 Å². The average Bonchev–Trinajstić information content (AvgIpc) is 2.57. The van der Waals surface area contributed by atoms with Gasteiger partial charge in [0.15, 0.2) is 0 Å². The van der Waals surface area contributed by atoms with Crippen molar-refractivity contribution in [2.75, 3.05) is 31.1 Å². The molecule has 2 saturated heterocycles. The van der Waals surface area contributed by atoms with Gasteiger partial charge in [-0.3, -0.25) is 4.90 Å². The molecule has 82 valence electrons. The summed E-state index contributed by atoms with van der Waals surface area (Å²) in [4.78, 5) is 2.66. The Hall–Kier alpha value is 0.270. The molecule has 2 atom stereocenters. The van der Waals surface area contributed by atoms with Crippen LogP contribution < -0.4 is 5.32 Å². The van der Waals surface area contributed by atoms with E-state index in [4.69, 9.17) is 0 Å². The van der Waals surface area contributed by atoms with Crippen molar-refractivity contribution in [1.29, 1.82) is 0 Å². The topological polar surface area (TPSA) is 15.3 Å². The average molecular weight is 214 g/mol. The molecule has 1 N–H and O–H groups in total. The Bertz CT molecular complexity index is 190. The highest BCUT2D eigenvalue weighted by atomic mass is 32.2. The van der Waals surface area contributed by atoms with Gasteiger partial charge in [-0.25, -0.2) is 0 Å². The van der Waals surface area contributed by atoms with Gasteiger partial charge in [0.05, 0.1) is 0 Å². The third-order valence-electron chi connectivity index (χ3n) is 3.51. The highest BCUT2D eigenvalue weighted by Gasteiger charge is 2.32. The molecule has 14 heavy (non-hydrogen) atoms. The van der Waals surface area contributed by atoms with E-state index in [2.05, 4.69) is 35.8 Å². The molecule has 2 nitrogen and oxygen atoms in total. The molecular formula is C11H22N2S. The van der Waals surface area contributed by atoms with Crippen LogP contribution in [-0.2, 0) is 0 Å². The maximum Gasteiger partial charge on any atom is 0.0281 e. The van der Waals surface area contributed by atoms with Crippen LogP contribution in [0.2, 0.25) is 0 Å². The second kappa shape index (κ2) is 4.42. The molecule has 0 saturated carbocycles. The minimum atomic E-state index is 0.399. The van der Waals surface area contributed by atoms with Gasteiger partial charge < -0.3 is 5.32 Å². The van der Waals surface area contributed by atoms with Gasteiger partial charge >= 0.3 is 0 Å². The van der Waals surface area contributed by atoms with E-state index in [9.17, 15) is 0 Å². The van der Waals surface area contributed by atoms with Crippen LogP contribution in [0.15, 0.2) is 0 Å². The van der Waals surface area contributed by atoms with Crippen LogP contribution in [0.25, 0.3) is 0 Å². The summed E-state index contributed by atoms with van der Waals surface area (Å²) >= 11 is 2.10. The third kappa shape index (κ3) is 2.44. The number of thioether (sulfide) groups is 1. The summed E-state index contributed by atoms with van der Waals surface area (Å²) in [5, 5.41) is 3.65. The number of nitrogens with zero attached hydrogens (tertiary/aromatic N) is 1. The van der Waals surface area contributed by atoms with Crippen LogP contribution in [0, 0.1) is 0 Å². The van der Waals surface area contributed by atoms with E-state index in [-0.39, 0.29) is 0 Å². The Balaban J connectivity index is 1.88. The maximum atomic E-state index is 3.65. The van der Waals surface area contributed by atoms with Crippen LogP contribution in [0.3, 0.4) is 0 Å². The van der Waals surface area contributed by atoms with Crippen LogP contribution in [0.5, 0.6) is 0 Å². The first kappa shape index (κ1) is 10.8. The predicted octanol–water partition coefficient (Wildman–Crippen LogP) is 1.57. The molecule has 2 unspecified atom stereocenters. The Morgan fingerprint density at radius 3 is 3.07 bits per heavy atom. The van der Waals surface area contributed by atoms with E-state index in [1.807, 2.05) is 0 Å². The molecule has 0 radical (unpaired) electrons. The van der Waals surface area contributed by atoms with Crippen molar-refractivity contribution in [3.63, 3.8) is 0 Å².